The van der Waals surface area contributed by atoms with Crippen LogP contribution in [0.2, 0.25) is 10.0 Å². The third kappa shape index (κ3) is 5.48. The van der Waals surface area contributed by atoms with Crippen LogP contribution < -0.4 is 4.74 Å². The molecule has 2 rings (SSSR count). The summed E-state index contributed by atoms with van der Waals surface area (Å²) in [5.41, 5.74) is 0.496. The van der Waals surface area contributed by atoms with Crippen LogP contribution in [-0.2, 0) is 4.74 Å². The molecule has 0 amide bonds. The Kier molecular flexibility index (Phi) is 7.29. The summed E-state index contributed by atoms with van der Waals surface area (Å²) in [4.78, 5) is 24.3. The van der Waals surface area contributed by atoms with Crippen LogP contribution in [-0.4, -0.2) is 18.5 Å². The van der Waals surface area contributed by atoms with Crippen LogP contribution >= 0.6 is 23.2 Å². The molecule has 0 spiro atoms. The van der Waals surface area contributed by atoms with E-state index < -0.39 is 11.9 Å². The minimum Gasteiger partial charge on any atom is -0.462 e. The fraction of sp³-hybridized carbons (Fsp3) is 0.263. The van der Waals surface area contributed by atoms with Crippen molar-refractivity contribution in [2.75, 3.05) is 6.61 Å². The van der Waals surface area contributed by atoms with Gasteiger partial charge in [0.05, 0.1) is 27.8 Å². The van der Waals surface area contributed by atoms with Gasteiger partial charge in [-0.3, -0.25) is 0 Å². The lowest BCUT2D eigenvalue weighted by atomic mass is 10.1. The number of hydrogen-bond acceptors (Lipinski definition) is 4. The lowest BCUT2D eigenvalue weighted by molar-refractivity contribution is 0.0498. The molecule has 6 heteroatoms. The number of halogens is 2. The molecule has 2 aromatic carbocycles. The van der Waals surface area contributed by atoms with Crippen molar-refractivity contribution >= 4 is 35.1 Å². The van der Waals surface area contributed by atoms with E-state index in [0.717, 1.165) is 19.3 Å². The first-order valence-electron chi connectivity index (χ1n) is 7.96. The normalized spacial score (nSPS) is 10.4. The zero-order valence-electron chi connectivity index (χ0n) is 13.8. The second-order valence-electron chi connectivity index (χ2n) is 5.36. The molecular formula is C19H18Cl2O4. The van der Waals surface area contributed by atoms with E-state index in [1.54, 1.807) is 36.4 Å². The molecule has 0 unspecified atom stereocenters. The molecule has 0 radical (unpaired) electrons. The van der Waals surface area contributed by atoms with Gasteiger partial charge in [0.25, 0.3) is 0 Å². The topological polar surface area (TPSA) is 52.6 Å². The monoisotopic (exact) mass is 380 g/mol. The van der Waals surface area contributed by atoms with Crippen LogP contribution in [0.5, 0.6) is 5.75 Å². The lowest BCUT2D eigenvalue weighted by Crippen LogP contribution is -2.12. The summed E-state index contributed by atoms with van der Waals surface area (Å²) >= 11 is 12.0. The van der Waals surface area contributed by atoms with Crippen molar-refractivity contribution in [1.29, 1.82) is 0 Å². The number of rotatable bonds is 7. The average Bonchev–Trinajstić information content (AvgIpc) is 2.61. The SMILES string of the molecule is CCCCCOC(=O)c1cccc(C(=O)Oc2c(Cl)cccc2Cl)c1. The van der Waals surface area contributed by atoms with Crippen LogP contribution in [0.4, 0.5) is 0 Å². The van der Waals surface area contributed by atoms with Gasteiger partial charge in [-0.1, -0.05) is 55.1 Å². The number of para-hydroxylation sites is 1. The highest BCUT2D eigenvalue weighted by atomic mass is 35.5. The fourth-order valence-electron chi connectivity index (χ4n) is 2.11. The van der Waals surface area contributed by atoms with E-state index in [4.69, 9.17) is 32.7 Å². The smallest absolute Gasteiger partial charge is 0.343 e. The molecule has 0 bridgehead atoms. The van der Waals surface area contributed by atoms with E-state index in [2.05, 4.69) is 6.92 Å². The molecule has 2 aromatic rings. The van der Waals surface area contributed by atoms with Gasteiger partial charge in [0.15, 0.2) is 5.75 Å². The first-order chi connectivity index (χ1) is 12.0. The number of carbonyl (C=O) groups excluding carboxylic acids is 2. The molecule has 0 N–H and O–H groups in total. The molecule has 0 heterocycles. The minimum atomic E-state index is -0.657. The zero-order valence-corrected chi connectivity index (χ0v) is 15.3. The predicted molar refractivity (Wildman–Crippen MR) is 97.7 cm³/mol. The Labute approximate surface area is 156 Å². The molecule has 25 heavy (non-hydrogen) atoms. The van der Waals surface area contributed by atoms with E-state index in [0.29, 0.717) is 6.61 Å². The molecule has 0 fully saturated rings. The van der Waals surface area contributed by atoms with Crippen LogP contribution in [0.25, 0.3) is 0 Å². The second-order valence-corrected chi connectivity index (χ2v) is 6.18. The van der Waals surface area contributed by atoms with Gasteiger partial charge in [-0.25, -0.2) is 9.59 Å². The van der Waals surface area contributed by atoms with Crippen LogP contribution in [0, 0.1) is 0 Å². The maximum absolute atomic E-state index is 12.3. The molecule has 132 valence electrons. The van der Waals surface area contributed by atoms with Crippen molar-refractivity contribution in [2.24, 2.45) is 0 Å². The largest absolute Gasteiger partial charge is 0.462 e. The highest BCUT2D eigenvalue weighted by molar-refractivity contribution is 6.37. The summed E-state index contributed by atoms with van der Waals surface area (Å²) < 4.78 is 10.4. The predicted octanol–water partition coefficient (Wildman–Crippen LogP) is 5.56. The first-order valence-corrected chi connectivity index (χ1v) is 8.72. The Morgan fingerprint density at radius 2 is 1.52 bits per heavy atom. The van der Waals surface area contributed by atoms with Gasteiger partial charge in [-0.15, -0.1) is 0 Å². The first kappa shape index (κ1) is 19.3. The van der Waals surface area contributed by atoms with E-state index in [9.17, 15) is 9.59 Å². The molecule has 0 aliphatic rings. The zero-order chi connectivity index (χ0) is 18.2. The van der Waals surface area contributed by atoms with Crippen molar-refractivity contribution in [3.8, 4) is 5.75 Å². The highest BCUT2D eigenvalue weighted by Crippen LogP contribution is 2.32. The standard InChI is InChI=1S/C19H18Cl2O4/c1-2-3-4-11-24-18(22)13-7-5-8-14(12-13)19(23)25-17-15(20)9-6-10-16(17)21/h5-10,12H,2-4,11H2,1H3. The summed E-state index contributed by atoms with van der Waals surface area (Å²) in [7, 11) is 0. The molecule has 0 aromatic heterocycles. The van der Waals surface area contributed by atoms with Gasteiger partial charge in [0.1, 0.15) is 0 Å². The van der Waals surface area contributed by atoms with E-state index in [-0.39, 0.29) is 26.9 Å². The molecular weight excluding hydrogens is 363 g/mol. The Balaban J connectivity index is 2.07. The number of carbonyl (C=O) groups is 2. The average molecular weight is 381 g/mol. The van der Waals surface area contributed by atoms with Gasteiger partial charge in [0.2, 0.25) is 0 Å². The summed E-state index contributed by atoms with van der Waals surface area (Å²) in [5.74, 6) is -1.04. The summed E-state index contributed by atoms with van der Waals surface area (Å²) in [5, 5.41) is 0.458. The van der Waals surface area contributed by atoms with Gasteiger partial charge in [-0.05, 0) is 36.8 Å². The van der Waals surface area contributed by atoms with E-state index in [1.165, 1.54) is 6.07 Å². The third-order valence-corrected chi connectivity index (χ3v) is 4.02. The van der Waals surface area contributed by atoms with Crippen LogP contribution in [0.3, 0.4) is 0 Å². The van der Waals surface area contributed by atoms with E-state index >= 15 is 0 Å². The number of esters is 2. The van der Waals surface area contributed by atoms with Crippen molar-refractivity contribution in [2.45, 2.75) is 26.2 Å². The minimum absolute atomic E-state index is 0.0865. The summed E-state index contributed by atoms with van der Waals surface area (Å²) in [6.07, 6.45) is 2.86. The van der Waals surface area contributed by atoms with Crippen LogP contribution in [0.15, 0.2) is 42.5 Å². The third-order valence-electron chi connectivity index (χ3n) is 3.43. The number of ether oxygens (including phenoxy) is 2. The van der Waals surface area contributed by atoms with Gasteiger partial charge >= 0.3 is 11.9 Å². The van der Waals surface area contributed by atoms with Crippen molar-refractivity contribution in [3.05, 3.63) is 63.6 Å². The Morgan fingerprint density at radius 3 is 2.16 bits per heavy atom. The van der Waals surface area contributed by atoms with Crippen molar-refractivity contribution in [3.63, 3.8) is 0 Å². The molecule has 4 nitrogen and oxygen atoms in total. The number of unbranched alkanes of at least 4 members (excludes halogenated alkanes) is 2. The maximum Gasteiger partial charge on any atom is 0.343 e. The van der Waals surface area contributed by atoms with Crippen LogP contribution in [0.1, 0.15) is 46.9 Å². The molecule has 0 aliphatic carbocycles. The van der Waals surface area contributed by atoms with E-state index in [1.807, 2.05) is 0 Å². The molecule has 0 aliphatic heterocycles. The highest BCUT2D eigenvalue weighted by Gasteiger charge is 2.16. The van der Waals surface area contributed by atoms with Gasteiger partial charge in [0, 0.05) is 0 Å². The summed E-state index contributed by atoms with van der Waals surface area (Å²) in [6.45, 7) is 2.43. The van der Waals surface area contributed by atoms with Crippen molar-refractivity contribution in [1.82, 2.24) is 0 Å². The Morgan fingerprint density at radius 1 is 0.920 bits per heavy atom. The van der Waals surface area contributed by atoms with Gasteiger partial charge < -0.3 is 9.47 Å². The summed E-state index contributed by atoms with van der Waals surface area (Å²) in [6, 6.07) is 10.9. The molecule has 0 saturated heterocycles. The van der Waals surface area contributed by atoms with Crippen molar-refractivity contribution < 1.29 is 19.1 Å². The number of hydrogen-bond donors (Lipinski definition) is 0. The fourth-order valence-corrected chi connectivity index (χ4v) is 2.58. The second kappa shape index (κ2) is 9.44. The maximum atomic E-state index is 12.3. The Hall–Kier alpha value is -2.04. The van der Waals surface area contributed by atoms with Gasteiger partial charge in [-0.2, -0.15) is 0 Å². The molecule has 0 atom stereocenters. The number of benzene rings is 2. The quantitative estimate of drug-likeness (QED) is 0.358. The molecule has 0 saturated carbocycles. The lowest BCUT2D eigenvalue weighted by Gasteiger charge is -2.09. The Bertz CT molecular complexity index is 739.